The van der Waals surface area contributed by atoms with E-state index in [1.165, 1.54) is 11.8 Å². The maximum atomic E-state index is 11.8. The maximum absolute atomic E-state index is 11.8. The smallest absolute Gasteiger partial charge is 0.331 e. The first-order chi connectivity index (χ1) is 9.58. The molecule has 1 aliphatic heterocycles. The van der Waals surface area contributed by atoms with Crippen molar-refractivity contribution in [2.75, 3.05) is 6.79 Å². The van der Waals surface area contributed by atoms with E-state index in [1.54, 1.807) is 18.2 Å². The van der Waals surface area contributed by atoms with Crippen LogP contribution < -0.4 is 9.47 Å². The molecule has 1 saturated carbocycles. The fourth-order valence-corrected chi connectivity index (χ4v) is 2.51. The van der Waals surface area contributed by atoms with Crippen LogP contribution in [0.1, 0.15) is 31.4 Å². The second-order valence-corrected chi connectivity index (χ2v) is 5.01. The van der Waals surface area contributed by atoms with Crippen LogP contribution in [0.25, 0.3) is 0 Å². The molecule has 1 fully saturated rings. The van der Waals surface area contributed by atoms with Gasteiger partial charge in [0.25, 0.3) is 0 Å². The zero-order valence-corrected chi connectivity index (χ0v) is 11.0. The Morgan fingerprint density at radius 1 is 1.30 bits per heavy atom. The minimum absolute atomic E-state index is 0.0269. The zero-order valence-electron chi connectivity index (χ0n) is 11.0. The highest BCUT2D eigenvalue weighted by Crippen LogP contribution is 2.39. The standard InChI is InChI=1S/C14H15NO5/c1-8(16)15(10-3-4-10)13(14(17)18)9-2-5-11-12(6-9)20-7-19-11/h2,5-6,10,13H,3-4,7H2,1H3,(H,17,18). The Morgan fingerprint density at radius 2 is 2.00 bits per heavy atom. The highest BCUT2D eigenvalue weighted by Gasteiger charge is 2.40. The minimum Gasteiger partial charge on any atom is -0.479 e. The second-order valence-electron chi connectivity index (χ2n) is 5.01. The molecule has 6 nitrogen and oxygen atoms in total. The molecule has 1 unspecified atom stereocenters. The van der Waals surface area contributed by atoms with Gasteiger partial charge in [-0.05, 0) is 30.5 Å². The summed E-state index contributed by atoms with van der Waals surface area (Å²) in [6.45, 7) is 1.54. The molecule has 3 rings (SSSR count). The number of benzene rings is 1. The van der Waals surface area contributed by atoms with Crippen molar-refractivity contribution < 1.29 is 24.2 Å². The second kappa shape index (κ2) is 4.70. The van der Waals surface area contributed by atoms with Gasteiger partial charge in [0.05, 0.1) is 0 Å². The van der Waals surface area contributed by atoms with Crippen molar-refractivity contribution in [3.8, 4) is 11.5 Å². The molecule has 6 heteroatoms. The number of fused-ring (bicyclic) bond motifs is 1. The Labute approximate surface area is 115 Å². The number of ether oxygens (including phenoxy) is 2. The third-order valence-electron chi connectivity index (χ3n) is 3.53. The Kier molecular flexibility index (Phi) is 3.00. The van der Waals surface area contributed by atoms with Crippen molar-refractivity contribution in [3.05, 3.63) is 23.8 Å². The molecule has 0 saturated heterocycles. The van der Waals surface area contributed by atoms with Gasteiger partial charge in [0, 0.05) is 13.0 Å². The van der Waals surface area contributed by atoms with E-state index in [9.17, 15) is 14.7 Å². The summed E-state index contributed by atoms with van der Waals surface area (Å²) in [4.78, 5) is 24.8. The van der Waals surface area contributed by atoms with Crippen molar-refractivity contribution in [2.24, 2.45) is 0 Å². The summed E-state index contributed by atoms with van der Waals surface area (Å²) in [7, 11) is 0. The molecule has 1 aromatic carbocycles. The van der Waals surface area contributed by atoms with Crippen LogP contribution in [0.4, 0.5) is 0 Å². The molecule has 20 heavy (non-hydrogen) atoms. The van der Waals surface area contributed by atoms with Gasteiger partial charge in [0.1, 0.15) is 0 Å². The first-order valence-electron chi connectivity index (χ1n) is 6.49. The first kappa shape index (κ1) is 12.8. The molecule has 1 aromatic rings. The van der Waals surface area contributed by atoms with Gasteiger partial charge in [-0.1, -0.05) is 6.07 Å². The lowest BCUT2D eigenvalue weighted by Crippen LogP contribution is -2.39. The predicted octanol–water partition coefficient (Wildman–Crippen LogP) is 1.55. The topological polar surface area (TPSA) is 76.1 Å². The number of carbonyl (C=O) groups is 2. The lowest BCUT2D eigenvalue weighted by atomic mass is 10.0. The van der Waals surface area contributed by atoms with E-state index >= 15 is 0 Å². The number of amides is 1. The molecule has 106 valence electrons. The molecule has 1 amide bonds. The molecule has 1 aliphatic carbocycles. The number of hydrogen-bond acceptors (Lipinski definition) is 4. The first-order valence-corrected chi connectivity index (χ1v) is 6.49. The van der Waals surface area contributed by atoms with Crippen LogP contribution in [-0.4, -0.2) is 34.7 Å². The Bertz CT molecular complexity index is 567. The van der Waals surface area contributed by atoms with E-state index in [4.69, 9.17) is 9.47 Å². The lowest BCUT2D eigenvalue weighted by Gasteiger charge is -2.28. The zero-order chi connectivity index (χ0) is 14.3. The average molecular weight is 277 g/mol. The monoisotopic (exact) mass is 277 g/mol. The highest BCUT2D eigenvalue weighted by molar-refractivity contribution is 5.84. The molecule has 0 bridgehead atoms. The van der Waals surface area contributed by atoms with Gasteiger partial charge < -0.3 is 19.5 Å². The molecule has 1 heterocycles. The largest absolute Gasteiger partial charge is 0.479 e. The molecule has 2 aliphatic rings. The van der Waals surface area contributed by atoms with Gasteiger partial charge in [-0.25, -0.2) is 4.79 Å². The summed E-state index contributed by atoms with van der Waals surface area (Å²) in [5.41, 5.74) is 0.531. The summed E-state index contributed by atoms with van der Waals surface area (Å²) in [6, 6.07) is 4.04. The van der Waals surface area contributed by atoms with Gasteiger partial charge >= 0.3 is 5.97 Å². The maximum Gasteiger partial charge on any atom is 0.331 e. The van der Waals surface area contributed by atoms with Crippen LogP contribution in [-0.2, 0) is 9.59 Å². The van der Waals surface area contributed by atoms with Crippen LogP contribution in [0.5, 0.6) is 11.5 Å². The van der Waals surface area contributed by atoms with E-state index < -0.39 is 12.0 Å². The van der Waals surface area contributed by atoms with Crippen molar-refractivity contribution in [1.82, 2.24) is 4.90 Å². The summed E-state index contributed by atoms with van der Waals surface area (Å²) in [5, 5.41) is 9.51. The quantitative estimate of drug-likeness (QED) is 0.903. The Morgan fingerprint density at radius 3 is 2.60 bits per heavy atom. The van der Waals surface area contributed by atoms with Crippen LogP contribution in [0, 0.1) is 0 Å². The van der Waals surface area contributed by atoms with E-state index in [0.29, 0.717) is 17.1 Å². The highest BCUT2D eigenvalue weighted by atomic mass is 16.7. The lowest BCUT2D eigenvalue weighted by molar-refractivity contribution is -0.150. The van der Waals surface area contributed by atoms with Crippen molar-refractivity contribution >= 4 is 11.9 Å². The number of carboxylic acid groups (broad SMARTS) is 1. The van der Waals surface area contributed by atoms with E-state index in [0.717, 1.165) is 12.8 Å². The third-order valence-corrected chi connectivity index (χ3v) is 3.53. The SMILES string of the molecule is CC(=O)N(C1CC1)C(C(=O)O)c1ccc2c(c1)OCO2. The van der Waals surface area contributed by atoms with Crippen molar-refractivity contribution in [1.29, 1.82) is 0 Å². The van der Waals surface area contributed by atoms with E-state index in [2.05, 4.69) is 0 Å². The van der Waals surface area contributed by atoms with Crippen molar-refractivity contribution in [3.63, 3.8) is 0 Å². The summed E-state index contributed by atoms with van der Waals surface area (Å²) < 4.78 is 10.5. The number of nitrogens with zero attached hydrogens (tertiary/aromatic N) is 1. The van der Waals surface area contributed by atoms with Crippen LogP contribution in [0.15, 0.2) is 18.2 Å². The number of rotatable bonds is 4. The molecule has 0 spiro atoms. The third kappa shape index (κ3) is 2.17. The molecule has 1 N–H and O–H groups in total. The van der Waals surface area contributed by atoms with Gasteiger partial charge in [-0.2, -0.15) is 0 Å². The summed E-state index contributed by atoms with van der Waals surface area (Å²) in [5.74, 6) is -0.143. The number of carboxylic acids is 1. The van der Waals surface area contributed by atoms with Crippen LogP contribution >= 0.6 is 0 Å². The van der Waals surface area contributed by atoms with Crippen LogP contribution in [0.3, 0.4) is 0 Å². The predicted molar refractivity (Wildman–Crippen MR) is 68.5 cm³/mol. The van der Waals surface area contributed by atoms with E-state index in [1.807, 2.05) is 0 Å². The fraction of sp³-hybridized carbons (Fsp3) is 0.429. The number of carbonyl (C=O) groups excluding carboxylic acids is 1. The summed E-state index contributed by atoms with van der Waals surface area (Å²) >= 11 is 0. The Balaban J connectivity index is 1.97. The Hall–Kier alpha value is -2.24. The van der Waals surface area contributed by atoms with Gasteiger partial charge in [0.15, 0.2) is 17.5 Å². The molecule has 1 atom stereocenters. The van der Waals surface area contributed by atoms with Gasteiger partial charge in [0.2, 0.25) is 12.7 Å². The van der Waals surface area contributed by atoms with Crippen LogP contribution in [0.2, 0.25) is 0 Å². The average Bonchev–Trinajstić information content (AvgIpc) is 3.11. The molecular weight excluding hydrogens is 262 g/mol. The fourth-order valence-electron chi connectivity index (χ4n) is 2.51. The van der Waals surface area contributed by atoms with Gasteiger partial charge in [-0.15, -0.1) is 0 Å². The minimum atomic E-state index is -1.04. The number of hydrogen-bond donors (Lipinski definition) is 1. The molecular formula is C14H15NO5. The van der Waals surface area contributed by atoms with Crippen molar-refractivity contribution in [2.45, 2.75) is 31.8 Å². The van der Waals surface area contributed by atoms with E-state index in [-0.39, 0.29) is 18.7 Å². The summed E-state index contributed by atoms with van der Waals surface area (Å²) in [6.07, 6.45) is 1.71. The number of aliphatic carboxylic acids is 1. The molecule has 0 radical (unpaired) electrons. The van der Waals surface area contributed by atoms with Gasteiger partial charge in [-0.3, -0.25) is 4.79 Å². The molecule has 0 aromatic heterocycles. The normalized spacial score (nSPS) is 17.6.